The highest BCUT2D eigenvalue weighted by Gasteiger charge is 2.20. The van der Waals surface area contributed by atoms with Gasteiger partial charge in [0.2, 0.25) is 0 Å². The average molecular weight is 335 g/mol. The van der Waals surface area contributed by atoms with E-state index in [1.54, 1.807) is 24.3 Å². The second-order valence-corrected chi connectivity index (χ2v) is 6.74. The highest BCUT2D eigenvalue weighted by Crippen LogP contribution is 2.14. The molecule has 0 aliphatic carbocycles. The molecule has 0 heterocycles. The number of carbonyl (C=O) groups excluding carboxylic acids is 1. The minimum atomic E-state index is -0.889. The molecule has 5 heteroatoms. The van der Waals surface area contributed by atoms with Crippen LogP contribution in [0.3, 0.4) is 0 Å². The molecule has 0 fully saturated rings. The molecule has 0 spiro atoms. The van der Waals surface area contributed by atoms with E-state index in [4.69, 9.17) is 9.84 Å². The van der Waals surface area contributed by atoms with E-state index in [1.807, 2.05) is 13.8 Å². The van der Waals surface area contributed by atoms with Crippen molar-refractivity contribution in [3.63, 3.8) is 0 Å². The molecule has 5 nitrogen and oxygen atoms in total. The predicted octanol–water partition coefficient (Wildman–Crippen LogP) is 3.38. The first-order valence-electron chi connectivity index (χ1n) is 8.53. The number of hydrogen-bond donors (Lipinski definition) is 2. The van der Waals surface area contributed by atoms with E-state index in [2.05, 4.69) is 19.2 Å². The van der Waals surface area contributed by atoms with Crippen LogP contribution in [0.2, 0.25) is 0 Å². The van der Waals surface area contributed by atoms with E-state index < -0.39 is 12.0 Å². The van der Waals surface area contributed by atoms with Crippen LogP contribution >= 0.6 is 0 Å². The number of ketones is 1. The molecule has 24 heavy (non-hydrogen) atoms. The third kappa shape index (κ3) is 7.13. The molecule has 1 atom stereocenters. The lowest BCUT2D eigenvalue weighted by Gasteiger charge is -2.17. The van der Waals surface area contributed by atoms with Crippen molar-refractivity contribution in [1.29, 1.82) is 0 Å². The lowest BCUT2D eigenvalue weighted by molar-refractivity contribution is -0.140. The Kier molecular flexibility index (Phi) is 8.47. The number of nitrogens with one attached hydrogen (secondary N) is 1. The van der Waals surface area contributed by atoms with Gasteiger partial charge in [-0.1, -0.05) is 27.7 Å². The maximum Gasteiger partial charge on any atom is 0.320 e. The van der Waals surface area contributed by atoms with Crippen LogP contribution in [0.1, 0.15) is 50.9 Å². The SMILES string of the molecule is CC(C)CCOc1ccc(C(=O)CCN[C@@H](C(=O)O)C(C)C)cc1. The normalized spacial score (nSPS) is 12.4. The van der Waals surface area contributed by atoms with Crippen molar-refractivity contribution in [3.05, 3.63) is 29.8 Å². The van der Waals surface area contributed by atoms with Crippen LogP contribution in [0.15, 0.2) is 24.3 Å². The summed E-state index contributed by atoms with van der Waals surface area (Å²) in [5.74, 6) is 0.430. The van der Waals surface area contributed by atoms with Crippen molar-refractivity contribution < 1.29 is 19.4 Å². The summed E-state index contributed by atoms with van der Waals surface area (Å²) in [5.41, 5.74) is 0.615. The summed E-state index contributed by atoms with van der Waals surface area (Å²) in [6, 6.07) is 6.48. The summed E-state index contributed by atoms with van der Waals surface area (Å²) in [6.45, 7) is 8.99. The number of carbonyl (C=O) groups is 2. The van der Waals surface area contributed by atoms with Gasteiger partial charge in [-0.3, -0.25) is 9.59 Å². The third-order valence-corrected chi connectivity index (χ3v) is 3.79. The lowest BCUT2D eigenvalue weighted by atomic mass is 10.0. The van der Waals surface area contributed by atoms with Crippen LogP contribution in [-0.4, -0.2) is 36.1 Å². The number of hydrogen-bond acceptors (Lipinski definition) is 4. The minimum Gasteiger partial charge on any atom is -0.494 e. The molecule has 0 saturated carbocycles. The predicted molar refractivity (Wildman–Crippen MR) is 94.6 cm³/mol. The summed E-state index contributed by atoms with van der Waals surface area (Å²) in [4.78, 5) is 23.2. The lowest BCUT2D eigenvalue weighted by Crippen LogP contribution is -2.41. The molecule has 0 unspecified atom stereocenters. The van der Waals surface area contributed by atoms with Crippen molar-refractivity contribution >= 4 is 11.8 Å². The van der Waals surface area contributed by atoms with E-state index in [-0.39, 0.29) is 18.1 Å². The number of carboxylic acids is 1. The number of Topliss-reactive ketones (excluding diaryl/α,β-unsaturated/α-hetero) is 1. The Bertz CT molecular complexity index is 523. The Morgan fingerprint density at radius 3 is 2.25 bits per heavy atom. The highest BCUT2D eigenvalue weighted by atomic mass is 16.5. The van der Waals surface area contributed by atoms with E-state index in [9.17, 15) is 9.59 Å². The number of ether oxygens (including phenoxy) is 1. The monoisotopic (exact) mass is 335 g/mol. The zero-order valence-electron chi connectivity index (χ0n) is 15.0. The number of carboxylic acid groups (broad SMARTS) is 1. The largest absolute Gasteiger partial charge is 0.494 e. The van der Waals surface area contributed by atoms with Crippen LogP contribution in [0.5, 0.6) is 5.75 Å². The molecule has 134 valence electrons. The average Bonchev–Trinajstić information content (AvgIpc) is 2.50. The molecule has 0 aliphatic rings. The third-order valence-electron chi connectivity index (χ3n) is 3.79. The fraction of sp³-hybridized carbons (Fsp3) is 0.579. The van der Waals surface area contributed by atoms with Gasteiger partial charge < -0.3 is 15.2 Å². The Hall–Kier alpha value is -1.88. The van der Waals surface area contributed by atoms with Gasteiger partial charge in [0, 0.05) is 18.5 Å². The number of rotatable bonds is 11. The molecule has 0 aromatic heterocycles. The van der Waals surface area contributed by atoms with Gasteiger partial charge in [-0.25, -0.2) is 0 Å². The van der Waals surface area contributed by atoms with E-state index in [0.29, 0.717) is 24.6 Å². The molecular weight excluding hydrogens is 306 g/mol. The van der Waals surface area contributed by atoms with Crippen LogP contribution < -0.4 is 10.1 Å². The van der Waals surface area contributed by atoms with Crippen LogP contribution in [0, 0.1) is 11.8 Å². The van der Waals surface area contributed by atoms with E-state index >= 15 is 0 Å². The van der Waals surface area contributed by atoms with Crippen molar-refractivity contribution in [1.82, 2.24) is 5.32 Å². The Labute approximate surface area is 144 Å². The van der Waals surface area contributed by atoms with Gasteiger partial charge in [0.15, 0.2) is 5.78 Å². The molecule has 0 saturated heterocycles. The molecule has 1 aromatic rings. The van der Waals surface area contributed by atoms with Gasteiger partial charge >= 0.3 is 5.97 Å². The zero-order valence-corrected chi connectivity index (χ0v) is 15.0. The molecular formula is C19H29NO4. The van der Waals surface area contributed by atoms with Crippen LogP contribution in [0.25, 0.3) is 0 Å². The maximum atomic E-state index is 12.2. The topological polar surface area (TPSA) is 75.6 Å². The Morgan fingerprint density at radius 2 is 1.75 bits per heavy atom. The zero-order chi connectivity index (χ0) is 18.1. The van der Waals surface area contributed by atoms with Crippen molar-refractivity contribution in [2.75, 3.05) is 13.2 Å². The van der Waals surface area contributed by atoms with Gasteiger partial charge in [0.1, 0.15) is 11.8 Å². The number of aliphatic carboxylic acids is 1. The Morgan fingerprint density at radius 1 is 1.12 bits per heavy atom. The van der Waals surface area contributed by atoms with Crippen molar-refractivity contribution in [2.45, 2.75) is 46.6 Å². The summed E-state index contributed by atoms with van der Waals surface area (Å²) in [6.07, 6.45) is 1.26. The second-order valence-electron chi connectivity index (χ2n) is 6.74. The van der Waals surface area contributed by atoms with Crippen LogP contribution in [0.4, 0.5) is 0 Å². The molecule has 0 radical (unpaired) electrons. The Balaban J connectivity index is 2.43. The number of benzene rings is 1. The summed E-state index contributed by atoms with van der Waals surface area (Å²) < 4.78 is 5.63. The summed E-state index contributed by atoms with van der Waals surface area (Å²) >= 11 is 0. The van der Waals surface area contributed by atoms with E-state index in [1.165, 1.54) is 0 Å². The fourth-order valence-electron chi connectivity index (χ4n) is 2.24. The van der Waals surface area contributed by atoms with Gasteiger partial charge in [-0.15, -0.1) is 0 Å². The molecule has 0 bridgehead atoms. The smallest absolute Gasteiger partial charge is 0.320 e. The highest BCUT2D eigenvalue weighted by molar-refractivity contribution is 5.96. The summed E-state index contributed by atoms with van der Waals surface area (Å²) in [7, 11) is 0. The quantitative estimate of drug-likeness (QED) is 0.606. The molecule has 0 aliphatic heterocycles. The van der Waals surface area contributed by atoms with E-state index in [0.717, 1.165) is 12.2 Å². The standard InChI is InChI=1S/C19H29NO4/c1-13(2)10-12-24-16-7-5-15(6-8-16)17(21)9-11-20-18(14(3)4)19(22)23/h5-8,13-14,18,20H,9-12H2,1-4H3,(H,22,23)/t18-/m1/s1. The first-order valence-corrected chi connectivity index (χ1v) is 8.53. The maximum absolute atomic E-state index is 12.2. The molecule has 1 rings (SSSR count). The van der Waals surface area contributed by atoms with Gasteiger partial charge in [0.05, 0.1) is 6.61 Å². The van der Waals surface area contributed by atoms with Crippen molar-refractivity contribution in [2.24, 2.45) is 11.8 Å². The van der Waals surface area contributed by atoms with Gasteiger partial charge in [-0.05, 0) is 42.5 Å². The molecule has 0 amide bonds. The second kappa shape index (κ2) is 10.1. The minimum absolute atomic E-state index is 0.0101. The fourth-order valence-corrected chi connectivity index (χ4v) is 2.24. The first kappa shape index (κ1) is 20.2. The molecule has 2 N–H and O–H groups in total. The van der Waals surface area contributed by atoms with Crippen LogP contribution in [-0.2, 0) is 4.79 Å². The summed E-state index contributed by atoms with van der Waals surface area (Å²) in [5, 5.41) is 12.0. The van der Waals surface area contributed by atoms with Gasteiger partial charge in [-0.2, -0.15) is 0 Å². The van der Waals surface area contributed by atoms with Crippen molar-refractivity contribution in [3.8, 4) is 5.75 Å². The van der Waals surface area contributed by atoms with Gasteiger partial charge in [0.25, 0.3) is 0 Å². The first-order chi connectivity index (χ1) is 11.3. The molecule has 1 aromatic carbocycles.